The number of rotatable bonds is 4. The van der Waals surface area contributed by atoms with Gasteiger partial charge in [-0.2, -0.15) is 4.31 Å². The highest BCUT2D eigenvalue weighted by molar-refractivity contribution is 7.90. The summed E-state index contributed by atoms with van der Waals surface area (Å²) in [5.74, 6) is -3.04. The second-order valence-electron chi connectivity index (χ2n) is 5.05. The second-order valence-corrected chi connectivity index (χ2v) is 8.97. The maximum atomic E-state index is 13.8. The normalized spacial score (nSPS) is 20.2. The van der Waals surface area contributed by atoms with E-state index in [9.17, 15) is 26.0 Å². The van der Waals surface area contributed by atoms with Crippen LogP contribution in [-0.2, 0) is 24.7 Å². The van der Waals surface area contributed by atoms with E-state index in [0.717, 1.165) is 22.7 Å². The van der Waals surface area contributed by atoms with Gasteiger partial charge in [-0.1, -0.05) is 0 Å². The van der Waals surface area contributed by atoms with Crippen molar-refractivity contribution in [2.75, 3.05) is 19.3 Å². The lowest BCUT2D eigenvalue weighted by Gasteiger charge is -2.16. The van der Waals surface area contributed by atoms with Crippen LogP contribution in [0.3, 0.4) is 0 Å². The van der Waals surface area contributed by atoms with Crippen LogP contribution in [0.15, 0.2) is 28.0 Å². The van der Waals surface area contributed by atoms with E-state index < -0.39 is 47.4 Å². The van der Waals surface area contributed by atoms with Crippen molar-refractivity contribution < 1.29 is 31.1 Å². The van der Waals surface area contributed by atoms with Crippen LogP contribution in [0.1, 0.15) is 6.42 Å². The Morgan fingerprint density at radius 1 is 1.32 bits per heavy atom. The minimum Gasteiger partial charge on any atom is -0.481 e. The number of carboxylic acids is 1. The summed E-state index contributed by atoms with van der Waals surface area (Å²) in [5.41, 5.74) is 0. The van der Waals surface area contributed by atoms with Crippen molar-refractivity contribution in [3.8, 4) is 0 Å². The van der Waals surface area contributed by atoms with Crippen molar-refractivity contribution >= 4 is 25.8 Å². The SMILES string of the molecule is CS(=O)(=O)c1ccc(S(=O)(=O)N2CCC(C(=O)O)C2)cc1F. The van der Waals surface area contributed by atoms with Crippen molar-refractivity contribution in [3.05, 3.63) is 24.0 Å². The van der Waals surface area contributed by atoms with Gasteiger partial charge in [-0.3, -0.25) is 4.79 Å². The Morgan fingerprint density at radius 2 is 1.95 bits per heavy atom. The highest BCUT2D eigenvalue weighted by atomic mass is 32.2. The lowest BCUT2D eigenvalue weighted by molar-refractivity contribution is -0.141. The maximum Gasteiger partial charge on any atom is 0.307 e. The number of carboxylic acid groups (broad SMARTS) is 1. The first-order chi connectivity index (χ1) is 10.0. The van der Waals surface area contributed by atoms with E-state index in [2.05, 4.69) is 0 Å². The Kier molecular flexibility index (Phi) is 4.28. The fourth-order valence-electron chi connectivity index (χ4n) is 2.24. The second kappa shape index (κ2) is 5.60. The van der Waals surface area contributed by atoms with Crippen LogP contribution in [-0.4, -0.2) is 51.6 Å². The molecule has 1 N–H and O–H groups in total. The molecule has 1 saturated heterocycles. The molecule has 0 aromatic heterocycles. The zero-order valence-corrected chi connectivity index (χ0v) is 13.2. The number of sulfone groups is 1. The quantitative estimate of drug-likeness (QED) is 0.837. The summed E-state index contributed by atoms with van der Waals surface area (Å²) in [6, 6.07) is 2.53. The van der Waals surface area contributed by atoms with Crippen LogP contribution in [0.4, 0.5) is 4.39 Å². The summed E-state index contributed by atoms with van der Waals surface area (Å²) in [5, 5.41) is 8.89. The summed E-state index contributed by atoms with van der Waals surface area (Å²) in [6.07, 6.45) is 0.996. The fraction of sp³-hybridized carbons (Fsp3) is 0.417. The average Bonchev–Trinajstić information content (AvgIpc) is 2.87. The molecule has 1 atom stereocenters. The number of sulfonamides is 1. The third-order valence-electron chi connectivity index (χ3n) is 3.44. The largest absolute Gasteiger partial charge is 0.481 e. The zero-order valence-electron chi connectivity index (χ0n) is 11.6. The molecule has 0 aliphatic carbocycles. The van der Waals surface area contributed by atoms with E-state index in [1.807, 2.05) is 0 Å². The lowest BCUT2D eigenvalue weighted by atomic mass is 10.1. The molecule has 1 heterocycles. The van der Waals surface area contributed by atoms with Gasteiger partial charge in [0.05, 0.1) is 10.8 Å². The van der Waals surface area contributed by atoms with E-state index >= 15 is 0 Å². The third kappa shape index (κ3) is 3.13. The van der Waals surface area contributed by atoms with Crippen molar-refractivity contribution in [1.29, 1.82) is 0 Å². The lowest BCUT2D eigenvalue weighted by Crippen LogP contribution is -2.30. The summed E-state index contributed by atoms with van der Waals surface area (Å²) in [4.78, 5) is 9.89. The van der Waals surface area contributed by atoms with Crippen molar-refractivity contribution in [3.63, 3.8) is 0 Å². The molecule has 1 aromatic carbocycles. The third-order valence-corrected chi connectivity index (χ3v) is 6.43. The number of aliphatic carboxylic acids is 1. The topological polar surface area (TPSA) is 109 Å². The van der Waals surface area contributed by atoms with E-state index in [4.69, 9.17) is 5.11 Å². The monoisotopic (exact) mass is 351 g/mol. The highest BCUT2D eigenvalue weighted by Crippen LogP contribution is 2.26. The molecule has 0 amide bonds. The summed E-state index contributed by atoms with van der Waals surface area (Å²) < 4.78 is 62.1. The molecule has 10 heteroatoms. The van der Waals surface area contributed by atoms with Gasteiger partial charge in [0.1, 0.15) is 10.7 Å². The van der Waals surface area contributed by atoms with Gasteiger partial charge in [-0.15, -0.1) is 0 Å². The van der Waals surface area contributed by atoms with Crippen molar-refractivity contribution in [2.24, 2.45) is 5.92 Å². The highest BCUT2D eigenvalue weighted by Gasteiger charge is 2.36. The minimum atomic E-state index is -4.05. The average molecular weight is 351 g/mol. The van der Waals surface area contributed by atoms with Gasteiger partial charge in [0.15, 0.2) is 9.84 Å². The summed E-state index contributed by atoms with van der Waals surface area (Å²) in [6.45, 7) is -0.165. The van der Waals surface area contributed by atoms with Crippen LogP contribution >= 0.6 is 0 Å². The molecule has 1 aliphatic rings. The van der Waals surface area contributed by atoms with E-state index in [0.29, 0.717) is 6.07 Å². The van der Waals surface area contributed by atoms with Crippen LogP contribution in [0.25, 0.3) is 0 Å². The summed E-state index contributed by atoms with van der Waals surface area (Å²) >= 11 is 0. The number of halogens is 1. The Balaban J connectivity index is 2.36. The van der Waals surface area contributed by atoms with Gasteiger partial charge in [0, 0.05) is 19.3 Å². The molecule has 7 nitrogen and oxygen atoms in total. The molecule has 1 unspecified atom stereocenters. The van der Waals surface area contributed by atoms with Gasteiger partial charge < -0.3 is 5.11 Å². The van der Waals surface area contributed by atoms with Gasteiger partial charge in [0.25, 0.3) is 0 Å². The predicted molar refractivity (Wildman–Crippen MR) is 74.0 cm³/mol. The summed E-state index contributed by atoms with van der Waals surface area (Å²) in [7, 11) is -7.85. The minimum absolute atomic E-state index is 0.0226. The standard InChI is InChI=1S/C12H14FNO6S2/c1-21(17,18)11-3-2-9(6-10(11)13)22(19,20)14-5-4-8(7-14)12(15)16/h2-3,6,8H,4-5,7H2,1H3,(H,15,16). The van der Waals surface area contributed by atoms with Gasteiger partial charge in [-0.25, -0.2) is 21.2 Å². The molecule has 0 saturated carbocycles. The molecule has 122 valence electrons. The Labute approximate surface area is 127 Å². The molecule has 0 radical (unpaired) electrons. The van der Waals surface area contributed by atoms with Crippen LogP contribution < -0.4 is 0 Å². The Hall–Kier alpha value is -1.52. The van der Waals surface area contributed by atoms with E-state index in [1.54, 1.807) is 0 Å². The van der Waals surface area contributed by atoms with E-state index in [1.165, 1.54) is 0 Å². The maximum absolute atomic E-state index is 13.8. The molecule has 22 heavy (non-hydrogen) atoms. The number of nitrogens with zero attached hydrogens (tertiary/aromatic N) is 1. The molecular weight excluding hydrogens is 337 g/mol. The molecule has 0 bridgehead atoms. The Morgan fingerprint density at radius 3 is 2.41 bits per heavy atom. The molecule has 1 fully saturated rings. The first-order valence-corrected chi connectivity index (χ1v) is 9.59. The first-order valence-electron chi connectivity index (χ1n) is 6.26. The fourth-order valence-corrected chi connectivity index (χ4v) is 4.48. The zero-order chi connectivity index (χ0) is 16.7. The van der Waals surface area contributed by atoms with Gasteiger partial charge >= 0.3 is 5.97 Å². The van der Waals surface area contributed by atoms with Crippen LogP contribution in [0, 0.1) is 11.7 Å². The van der Waals surface area contributed by atoms with Gasteiger partial charge in [-0.05, 0) is 24.6 Å². The Bertz CT molecular complexity index is 818. The first kappa shape index (κ1) is 16.8. The number of benzene rings is 1. The molecular formula is C12H14FNO6S2. The molecule has 1 aliphatic heterocycles. The van der Waals surface area contributed by atoms with E-state index in [-0.39, 0.29) is 19.5 Å². The molecule has 1 aromatic rings. The smallest absolute Gasteiger partial charge is 0.307 e. The van der Waals surface area contributed by atoms with Crippen LogP contribution in [0.5, 0.6) is 0 Å². The van der Waals surface area contributed by atoms with Gasteiger partial charge in [0.2, 0.25) is 10.0 Å². The van der Waals surface area contributed by atoms with Crippen LogP contribution in [0.2, 0.25) is 0 Å². The molecule has 2 rings (SSSR count). The molecule has 0 spiro atoms. The predicted octanol–water partition coefficient (Wildman–Crippen LogP) is 0.324. The van der Waals surface area contributed by atoms with Crippen molar-refractivity contribution in [1.82, 2.24) is 4.31 Å². The number of hydrogen-bond acceptors (Lipinski definition) is 5. The number of hydrogen-bond donors (Lipinski definition) is 1. The number of carbonyl (C=O) groups is 1. The van der Waals surface area contributed by atoms with Crippen molar-refractivity contribution in [2.45, 2.75) is 16.2 Å².